The zero-order chi connectivity index (χ0) is 14.4. The van der Waals surface area contributed by atoms with E-state index in [0.29, 0.717) is 6.04 Å². The van der Waals surface area contributed by atoms with Crippen LogP contribution in [0.3, 0.4) is 0 Å². The lowest BCUT2D eigenvalue weighted by Crippen LogP contribution is -2.33. The first-order chi connectivity index (χ1) is 9.68. The van der Waals surface area contributed by atoms with E-state index < -0.39 is 0 Å². The van der Waals surface area contributed by atoms with Gasteiger partial charge in [-0.15, -0.1) is 0 Å². The lowest BCUT2D eigenvalue weighted by atomic mass is 10.1. The van der Waals surface area contributed by atoms with Gasteiger partial charge in [0.25, 0.3) is 0 Å². The molecule has 0 aliphatic rings. The number of H-pyrrole nitrogens is 1. The second-order valence-corrected chi connectivity index (χ2v) is 5.26. The van der Waals surface area contributed by atoms with Gasteiger partial charge in [0.2, 0.25) is 0 Å². The van der Waals surface area contributed by atoms with Gasteiger partial charge in [0.05, 0.1) is 11.9 Å². The molecule has 0 aromatic carbocycles. The maximum absolute atomic E-state index is 4.15. The lowest BCUT2D eigenvalue weighted by molar-refractivity contribution is 0.273. The van der Waals surface area contributed by atoms with Crippen LogP contribution in [0.5, 0.6) is 0 Å². The first-order valence-corrected chi connectivity index (χ1v) is 7.02. The van der Waals surface area contributed by atoms with Gasteiger partial charge in [-0.25, -0.2) is 0 Å². The van der Waals surface area contributed by atoms with Gasteiger partial charge >= 0.3 is 0 Å². The van der Waals surface area contributed by atoms with Crippen LogP contribution in [0.2, 0.25) is 0 Å². The van der Waals surface area contributed by atoms with Gasteiger partial charge in [0.15, 0.2) is 0 Å². The third-order valence-corrected chi connectivity index (χ3v) is 3.51. The molecule has 2 aromatic rings. The zero-order valence-electron chi connectivity index (χ0n) is 12.4. The largest absolute Gasteiger partial charge is 0.311 e. The van der Waals surface area contributed by atoms with Gasteiger partial charge in [0.1, 0.15) is 0 Å². The van der Waals surface area contributed by atoms with Crippen LogP contribution in [0.25, 0.3) is 11.3 Å². The predicted molar refractivity (Wildman–Crippen MR) is 81.3 cm³/mol. The molecule has 2 heterocycles. The van der Waals surface area contributed by atoms with Crippen molar-refractivity contribution in [2.45, 2.75) is 26.4 Å². The molecule has 0 spiro atoms. The van der Waals surface area contributed by atoms with Crippen molar-refractivity contribution >= 4 is 0 Å². The van der Waals surface area contributed by atoms with Crippen LogP contribution < -0.4 is 5.32 Å². The molecular weight excluding hydrogens is 250 g/mol. The van der Waals surface area contributed by atoms with Gasteiger partial charge in [-0.1, -0.05) is 0 Å². The Morgan fingerprint density at radius 2 is 2.20 bits per heavy atom. The normalized spacial score (nSPS) is 11.4. The van der Waals surface area contributed by atoms with Crippen LogP contribution in [-0.2, 0) is 6.54 Å². The van der Waals surface area contributed by atoms with Crippen LogP contribution in [0.4, 0.5) is 0 Å². The molecule has 0 radical (unpaired) electrons. The van der Waals surface area contributed by atoms with Crippen molar-refractivity contribution in [3.05, 3.63) is 36.3 Å². The van der Waals surface area contributed by atoms with Crippen molar-refractivity contribution < 1.29 is 0 Å². The molecule has 108 valence electrons. The Labute approximate surface area is 120 Å². The van der Waals surface area contributed by atoms with Crippen molar-refractivity contribution in [1.29, 1.82) is 0 Å². The minimum Gasteiger partial charge on any atom is -0.311 e. The third kappa shape index (κ3) is 3.88. The Balaban J connectivity index is 1.87. The number of aromatic nitrogens is 3. The fourth-order valence-electron chi connectivity index (χ4n) is 1.94. The number of rotatable bonds is 7. The maximum atomic E-state index is 4.15. The molecule has 0 fully saturated rings. The molecule has 0 unspecified atom stereocenters. The van der Waals surface area contributed by atoms with Crippen molar-refractivity contribution in [3.8, 4) is 11.3 Å². The smallest absolute Gasteiger partial charge is 0.0710 e. The van der Waals surface area contributed by atoms with Gasteiger partial charge in [-0.2, -0.15) is 5.10 Å². The number of nitrogens with one attached hydrogen (secondary N) is 2. The Bertz CT molecular complexity index is 506. The molecule has 20 heavy (non-hydrogen) atoms. The molecule has 0 saturated heterocycles. The summed E-state index contributed by atoms with van der Waals surface area (Å²) in [6, 6.07) is 4.55. The van der Waals surface area contributed by atoms with E-state index in [1.165, 1.54) is 5.56 Å². The fourth-order valence-corrected chi connectivity index (χ4v) is 1.94. The van der Waals surface area contributed by atoms with E-state index in [1.807, 2.05) is 24.5 Å². The summed E-state index contributed by atoms with van der Waals surface area (Å²) in [5.74, 6) is 0. The van der Waals surface area contributed by atoms with E-state index in [9.17, 15) is 0 Å². The number of pyridine rings is 1. The summed E-state index contributed by atoms with van der Waals surface area (Å²) < 4.78 is 0. The van der Waals surface area contributed by atoms with Crippen molar-refractivity contribution in [2.24, 2.45) is 0 Å². The molecule has 0 atom stereocenters. The van der Waals surface area contributed by atoms with Gasteiger partial charge < -0.3 is 10.2 Å². The molecule has 5 nitrogen and oxygen atoms in total. The fraction of sp³-hybridized carbons (Fsp3) is 0.467. The minimum atomic E-state index is 0.580. The van der Waals surface area contributed by atoms with Crippen LogP contribution in [0, 0.1) is 0 Å². The topological polar surface area (TPSA) is 56.8 Å². The Morgan fingerprint density at radius 1 is 1.35 bits per heavy atom. The Kier molecular flexibility index (Phi) is 5.26. The van der Waals surface area contributed by atoms with Gasteiger partial charge in [0, 0.05) is 49.2 Å². The first kappa shape index (κ1) is 14.7. The monoisotopic (exact) mass is 273 g/mol. The number of likely N-dealkylation sites (N-methyl/N-ethyl adjacent to an activating group) is 1. The minimum absolute atomic E-state index is 0.580. The maximum Gasteiger partial charge on any atom is 0.0710 e. The Morgan fingerprint density at radius 3 is 2.90 bits per heavy atom. The number of aromatic amines is 1. The predicted octanol–water partition coefficient (Wildman–Crippen LogP) is 1.90. The van der Waals surface area contributed by atoms with Crippen molar-refractivity contribution in [3.63, 3.8) is 0 Å². The summed E-state index contributed by atoms with van der Waals surface area (Å²) in [7, 11) is 2.14. The van der Waals surface area contributed by atoms with Crippen molar-refractivity contribution in [1.82, 2.24) is 25.4 Å². The molecule has 0 aliphatic carbocycles. The SMILES string of the molecule is CC(C)N(C)CCNCc1cn[nH]c1-c1cccnc1. The molecule has 0 bridgehead atoms. The lowest BCUT2D eigenvalue weighted by Gasteiger charge is -2.20. The summed E-state index contributed by atoms with van der Waals surface area (Å²) in [6.07, 6.45) is 5.50. The van der Waals surface area contributed by atoms with E-state index in [1.54, 1.807) is 6.20 Å². The van der Waals surface area contributed by atoms with E-state index in [0.717, 1.165) is 30.9 Å². The molecule has 0 aliphatic heterocycles. The summed E-state index contributed by atoms with van der Waals surface area (Å²) in [4.78, 5) is 6.47. The third-order valence-electron chi connectivity index (χ3n) is 3.51. The van der Waals surface area contributed by atoms with E-state index in [4.69, 9.17) is 0 Å². The quantitative estimate of drug-likeness (QED) is 0.757. The highest BCUT2D eigenvalue weighted by molar-refractivity contribution is 5.61. The van der Waals surface area contributed by atoms with E-state index in [2.05, 4.69) is 46.3 Å². The van der Waals surface area contributed by atoms with Crippen molar-refractivity contribution in [2.75, 3.05) is 20.1 Å². The summed E-state index contributed by atoms with van der Waals surface area (Å²) in [5.41, 5.74) is 3.29. The van der Waals surface area contributed by atoms with E-state index in [-0.39, 0.29) is 0 Å². The molecule has 2 aromatic heterocycles. The highest BCUT2D eigenvalue weighted by Gasteiger charge is 2.07. The summed E-state index contributed by atoms with van der Waals surface area (Å²) >= 11 is 0. The summed E-state index contributed by atoms with van der Waals surface area (Å²) in [5, 5.41) is 10.6. The van der Waals surface area contributed by atoms with Crippen LogP contribution in [0.15, 0.2) is 30.7 Å². The van der Waals surface area contributed by atoms with Crippen LogP contribution >= 0.6 is 0 Å². The zero-order valence-corrected chi connectivity index (χ0v) is 12.4. The molecule has 5 heteroatoms. The molecule has 2 rings (SSSR count). The highest BCUT2D eigenvalue weighted by Crippen LogP contribution is 2.19. The Hall–Kier alpha value is -1.72. The second-order valence-electron chi connectivity index (χ2n) is 5.26. The van der Waals surface area contributed by atoms with Gasteiger partial charge in [-0.3, -0.25) is 10.1 Å². The second kappa shape index (κ2) is 7.17. The standard InChI is InChI=1S/C15H23N5/c1-12(2)20(3)8-7-17-10-14-11-18-19-15(14)13-5-4-6-16-9-13/h4-6,9,11-12,17H,7-8,10H2,1-3H3,(H,18,19). The molecule has 0 saturated carbocycles. The van der Waals surface area contributed by atoms with Gasteiger partial charge in [-0.05, 0) is 33.0 Å². The first-order valence-electron chi connectivity index (χ1n) is 7.02. The molecular formula is C15H23N5. The average Bonchev–Trinajstić information content (AvgIpc) is 2.92. The van der Waals surface area contributed by atoms with Crippen LogP contribution in [0.1, 0.15) is 19.4 Å². The number of hydrogen-bond acceptors (Lipinski definition) is 4. The highest BCUT2D eigenvalue weighted by atomic mass is 15.1. The molecule has 0 amide bonds. The molecule has 2 N–H and O–H groups in total. The number of hydrogen-bond donors (Lipinski definition) is 2. The summed E-state index contributed by atoms with van der Waals surface area (Å²) in [6.45, 7) is 7.23. The van der Waals surface area contributed by atoms with E-state index >= 15 is 0 Å². The van der Waals surface area contributed by atoms with Crippen LogP contribution in [-0.4, -0.2) is 46.3 Å². The average molecular weight is 273 g/mol. The number of nitrogens with zero attached hydrogens (tertiary/aromatic N) is 3.